The van der Waals surface area contributed by atoms with Crippen molar-refractivity contribution in [3.05, 3.63) is 47.8 Å². The normalized spacial score (nSPS) is 19.8. The van der Waals surface area contributed by atoms with E-state index in [1.54, 1.807) is 23.1 Å². The van der Waals surface area contributed by atoms with E-state index in [9.17, 15) is 13.2 Å². The van der Waals surface area contributed by atoms with Gasteiger partial charge in [-0.15, -0.1) is 0 Å². The zero-order chi connectivity index (χ0) is 23.2. The van der Waals surface area contributed by atoms with E-state index in [-0.39, 0.29) is 11.5 Å². The molecule has 0 amide bonds. The van der Waals surface area contributed by atoms with E-state index in [0.717, 1.165) is 24.6 Å². The molecule has 0 saturated heterocycles. The van der Waals surface area contributed by atoms with Gasteiger partial charge in [-0.3, -0.25) is 9.58 Å². The molecule has 12 heteroatoms. The van der Waals surface area contributed by atoms with Gasteiger partial charge in [0.2, 0.25) is 0 Å². The van der Waals surface area contributed by atoms with Crippen LogP contribution in [0.25, 0.3) is 11.3 Å². The maximum absolute atomic E-state index is 13.3. The van der Waals surface area contributed by atoms with Crippen LogP contribution in [0.15, 0.2) is 30.7 Å². The minimum absolute atomic E-state index is 0.244. The Morgan fingerprint density at radius 2 is 1.94 bits per heavy atom. The van der Waals surface area contributed by atoms with Crippen LogP contribution in [0.5, 0.6) is 0 Å². The summed E-state index contributed by atoms with van der Waals surface area (Å²) >= 11 is 0. The topological polar surface area (TPSA) is 97.9 Å². The Balaban J connectivity index is 1.52. The van der Waals surface area contributed by atoms with E-state index in [1.165, 1.54) is 6.20 Å². The minimum atomic E-state index is -4.60. The Hall–Kier alpha value is -2.86. The van der Waals surface area contributed by atoms with Crippen LogP contribution in [0.1, 0.15) is 29.9 Å². The van der Waals surface area contributed by atoms with E-state index in [4.69, 9.17) is 18.3 Å². The number of halogens is 3. The highest BCUT2D eigenvalue weighted by Gasteiger charge is 2.48. The average molecular weight is 457 g/mol. The predicted octanol–water partition coefficient (Wildman–Crippen LogP) is 2.53. The second kappa shape index (κ2) is 8.17. The third-order valence-corrected chi connectivity index (χ3v) is 6.29. The zero-order valence-corrected chi connectivity index (χ0v) is 17.8. The Morgan fingerprint density at radius 3 is 2.64 bits per heavy atom. The fourth-order valence-corrected chi connectivity index (χ4v) is 4.39. The molecule has 3 N–H and O–H groups in total. The van der Waals surface area contributed by atoms with Crippen molar-refractivity contribution in [3.8, 4) is 11.3 Å². The molecule has 1 unspecified atom stereocenters. The largest absolute Gasteiger partial charge is 0.419 e. The number of nitrogen functional groups attached to an aromatic ring is 1. The summed E-state index contributed by atoms with van der Waals surface area (Å²) in [5.41, 5.74) is 5.12. The lowest BCUT2D eigenvalue weighted by molar-refractivity contribution is -0.137. The van der Waals surface area contributed by atoms with Gasteiger partial charge < -0.3 is 15.5 Å². The number of aromatic nitrogens is 5. The highest BCUT2D eigenvalue weighted by Crippen LogP contribution is 2.47. The number of nitrogens with two attached hydrogens (primary N) is 1. The summed E-state index contributed by atoms with van der Waals surface area (Å²) in [5, 5.41) is 4.55. The molecule has 172 valence electrons. The Bertz CT molecular complexity index is 1130. The molecule has 1 saturated carbocycles. The third-order valence-electron chi connectivity index (χ3n) is 6.29. The molecule has 4 heterocycles. The third kappa shape index (κ3) is 4.13. The van der Waals surface area contributed by atoms with Crippen LogP contribution >= 0.6 is 0 Å². The fourth-order valence-electron chi connectivity index (χ4n) is 4.39. The van der Waals surface area contributed by atoms with Crippen molar-refractivity contribution < 1.29 is 17.9 Å². The fraction of sp³-hybridized carbons (Fsp3) is 0.476. The molecule has 1 aliphatic heterocycles. The molecule has 0 aromatic carbocycles. The second-order valence-corrected chi connectivity index (χ2v) is 8.47. The molecule has 0 spiro atoms. The molecule has 1 aliphatic carbocycles. The lowest BCUT2D eigenvalue weighted by atomic mass is 9.70. The number of H-pyrrole nitrogens is 1. The van der Waals surface area contributed by atoms with Gasteiger partial charge in [0.1, 0.15) is 19.5 Å². The zero-order valence-electron chi connectivity index (χ0n) is 17.8. The maximum atomic E-state index is 13.3. The number of aromatic amines is 1. The summed E-state index contributed by atoms with van der Waals surface area (Å²) in [4.78, 5) is 13.5. The Morgan fingerprint density at radius 1 is 1.15 bits per heavy atom. The number of nitrogens with one attached hydrogen (secondary N) is 1. The Labute approximate surface area is 189 Å². The van der Waals surface area contributed by atoms with Crippen molar-refractivity contribution in [1.29, 1.82) is 0 Å². The van der Waals surface area contributed by atoms with Crippen molar-refractivity contribution >= 4 is 13.7 Å². The first kappa shape index (κ1) is 22.0. The molecule has 2 aliphatic rings. The highest BCUT2D eigenvalue weighted by atomic mass is 19.4. The number of nitrogens with zero attached hydrogens (tertiary/aromatic N) is 5. The molecule has 1 fully saturated rings. The van der Waals surface area contributed by atoms with Crippen LogP contribution in [-0.2, 0) is 29.4 Å². The molecule has 2 radical (unpaired) electrons. The quantitative estimate of drug-likeness (QED) is 0.585. The number of imidazole rings is 1. The van der Waals surface area contributed by atoms with Crippen molar-refractivity contribution in [2.75, 3.05) is 25.5 Å². The van der Waals surface area contributed by atoms with Gasteiger partial charge in [-0.1, -0.05) is 0 Å². The summed E-state index contributed by atoms with van der Waals surface area (Å²) in [5.74, 6) is 0.375. The van der Waals surface area contributed by atoms with Gasteiger partial charge in [0.25, 0.3) is 0 Å². The van der Waals surface area contributed by atoms with Crippen LogP contribution in [0, 0.1) is 5.92 Å². The number of rotatable bonds is 4. The summed E-state index contributed by atoms with van der Waals surface area (Å²) in [7, 11) is 6.97. The number of hydrogen-bond acceptors (Lipinski definition) is 6. The first-order chi connectivity index (χ1) is 15.8. The summed E-state index contributed by atoms with van der Waals surface area (Å²) in [6.45, 7) is 2.42. The second-order valence-electron chi connectivity index (χ2n) is 8.47. The lowest BCUT2D eigenvalue weighted by Crippen LogP contribution is -2.50. The van der Waals surface area contributed by atoms with Gasteiger partial charge in [0.05, 0.1) is 36.7 Å². The van der Waals surface area contributed by atoms with Crippen LogP contribution in [-0.4, -0.2) is 57.2 Å². The number of alkyl halides is 3. The van der Waals surface area contributed by atoms with Gasteiger partial charge in [0, 0.05) is 42.7 Å². The molecule has 5 rings (SSSR count). The van der Waals surface area contributed by atoms with Crippen molar-refractivity contribution in [3.63, 3.8) is 0 Å². The van der Waals surface area contributed by atoms with Gasteiger partial charge in [0.15, 0.2) is 0 Å². The monoisotopic (exact) mass is 457 g/mol. The van der Waals surface area contributed by atoms with E-state index >= 15 is 0 Å². The number of ether oxygens (including phenoxy) is 1. The van der Waals surface area contributed by atoms with E-state index < -0.39 is 23.0 Å². The molecule has 8 nitrogen and oxygen atoms in total. The molecule has 1 atom stereocenters. The van der Waals surface area contributed by atoms with Gasteiger partial charge >= 0.3 is 6.18 Å². The molecule has 33 heavy (non-hydrogen) atoms. The molecule has 3 aromatic heterocycles. The van der Waals surface area contributed by atoms with Crippen molar-refractivity contribution in [2.24, 2.45) is 5.92 Å². The maximum Gasteiger partial charge on any atom is 0.419 e. The number of pyridine rings is 1. The number of fused-ring (bicyclic) bond motifs is 1. The average Bonchev–Trinajstić information content (AvgIpc) is 3.30. The van der Waals surface area contributed by atoms with E-state index in [1.807, 2.05) is 0 Å². The van der Waals surface area contributed by atoms with E-state index in [0.29, 0.717) is 44.4 Å². The van der Waals surface area contributed by atoms with Gasteiger partial charge in [-0.25, -0.2) is 9.97 Å². The smallest absolute Gasteiger partial charge is 0.383 e. The molecule has 3 aromatic rings. The molecule has 0 bridgehead atoms. The molecular formula is C21H23BF3N7O. The first-order valence-corrected chi connectivity index (χ1v) is 10.8. The van der Waals surface area contributed by atoms with Gasteiger partial charge in [-0.2, -0.15) is 18.3 Å². The SMILES string of the molecule is [B]C(c1ncc[nH]1)(C1CC1)N1CCOCCn2nc(-c3cnc(N)c(C(F)(F)F)c3)cc2C1. The number of hydrogen-bond donors (Lipinski definition) is 2. The van der Waals surface area contributed by atoms with Gasteiger partial charge in [-0.05, 0) is 30.9 Å². The summed E-state index contributed by atoms with van der Waals surface area (Å²) in [6.07, 6.45) is 2.13. The summed E-state index contributed by atoms with van der Waals surface area (Å²) < 4.78 is 47.5. The Kier molecular flexibility index (Phi) is 5.44. The van der Waals surface area contributed by atoms with Crippen LogP contribution < -0.4 is 5.73 Å². The van der Waals surface area contributed by atoms with Crippen molar-refractivity contribution in [2.45, 2.75) is 37.5 Å². The van der Waals surface area contributed by atoms with E-state index in [2.05, 4.69) is 25.0 Å². The number of anilines is 1. The van der Waals surface area contributed by atoms with Crippen molar-refractivity contribution in [1.82, 2.24) is 29.6 Å². The summed E-state index contributed by atoms with van der Waals surface area (Å²) in [6, 6.07) is 2.76. The predicted molar refractivity (Wildman–Crippen MR) is 115 cm³/mol. The standard InChI is InChI=1S/C21H23BF3N7O/c22-20(14-1-2-14,19-27-3-4-28-19)31-5-7-33-8-6-32-15(12-31)10-17(30-32)13-9-16(21(23,24)25)18(26)29-11-13/h3-4,9-11,14H,1-2,5-8,12H2,(H2,26,29)(H,27,28). The lowest BCUT2D eigenvalue weighted by Gasteiger charge is -2.41. The highest BCUT2D eigenvalue weighted by molar-refractivity contribution is 6.15. The first-order valence-electron chi connectivity index (χ1n) is 10.8. The van der Waals surface area contributed by atoms with Crippen LogP contribution in [0.3, 0.4) is 0 Å². The van der Waals surface area contributed by atoms with Crippen LogP contribution in [0.2, 0.25) is 0 Å². The molecular weight excluding hydrogens is 434 g/mol. The minimum Gasteiger partial charge on any atom is -0.383 e. The van der Waals surface area contributed by atoms with Crippen LogP contribution in [0.4, 0.5) is 19.0 Å².